The van der Waals surface area contributed by atoms with Gasteiger partial charge in [-0.25, -0.2) is 13.2 Å². The molecule has 1 heterocycles. The summed E-state index contributed by atoms with van der Waals surface area (Å²) < 4.78 is 27.6. The highest BCUT2D eigenvalue weighted by Crippen LogP contribution is 2.11. The van der Waals surface area contributed by atoms with E-state index in [4.69, 9.17) is 4.74 Å². The number of amides is 1. The molecule has 1 aromatic rings. The Hall–Kier alpha value is -1.93. The van der Waals surface area contributed by atoms with Crippen LogP contribution >= 0.6 is 0 Å². The zero-order valence-electron chi connectivity index (χ0n) is 12.9. The van der Waals surface area contributed by atoms with Gasteiger partial charge in [0.1, 0.15) is 0 Å². The maximum absolute atomic E-state index is 12.0. The van der Waals surface area contributed by atoms with E-state index >= 15 is 0 Å². The Labute approximate surface area is 135 Å². The fourth-order valence-corrected chi connectivity index (χ4v) is 3.49. The molecule has 1 fully saturated rings. The van der Waals surface area contributed by atoms with E-state index in [1.165, 1.54) is 0 Å². The van der Waals surface area contributed by atoms with Gasteiger partial charge >= 0.3 is 5.97 Å². The Kier molecular flexibility index (Phi) is 5.73. The Morgan fingerprint density at radius 3 is 2.35 bits per heavy atom. The quantitative estimate of drug-likeness (QED) is 0.786. The predicted molar refractivity (Wildman–Crippen MR) is 86.1 cm³/mol. The molecule has 1 aliphatic heterocycles. The van der Waals surface area contributed by atoms with Gasteiger partial charge in [0.2, 0.25) is 5.91 Å². The maximum atomic E-state index is 12.0. The van der Waals surface area contributed by atoms with Crippen LogP contribution in [0.5, 0.6) is 0 Å². The van der Waals surface area contributed by atoms with Crippen LogP contribution in [0.25, 0.3) is 0 Å². The number of nitrogens with zero attached hydrogens (tertiary/aromatic N) is 1. The second-order valence-corrected chi connectivity index (χ2v) is 7.58. The number of ether oxygens (including phenoxy) is 1. The van der Waals surface area contributed by atoms with Gasteiger partial charge in [-0.1, -0.05) is 0 Å². The summed E-state index contributed by atoms with van der Waals surface area (Å²) in [4.78, 5) is 25.3. The monoisotopic (exact) mass is 340 g/mol. The molecule has 0 bridgehead atoms. The van der Waals surface area contributed by atoms with Crippen LogP contribution in [0.4, 0.5) is 5.69 Å². The molecule has 7 nitrogen and oxygen atoms in total. The van der Waals surface area contributed by atoms with E-state index < -0.39 is 15.8 Å². The number of anilines is 1. The molecule has 8 heteroatoms. The first-order chi connectivity index (χ1) is 10.9. The van der Waals surface area contributed by atoms with E-state index in [1.807, 2.05) is 4.90 Å². The van der Waals surface area contributed by atoms with Gasteiger partial charge in [0, 0.05) is 18.8 Å². The van der Waals surface area contributed by atoms with Crippen molar-refractivity contribution in [3.63, 3.8) is 0 Å². The number of carbonyl (C=O) groups is 2. The highest BCUT2D eigenvalue weighted by atomic mass is 32.2. The van der Waals surface area contributed by atoms with Gasteiger partial charge in [0.25, 0.3) is 0 Å². The molecule has 0 spiro atoms. The van der Waals surface area contributed by atoms with Crippen LogP contribution < -0.4 is 5.32 Å². The van der Waals surface area contributed by atoms with Gasteiger partial charge in [-0.2, -0.15) is 0 Å². The first-order valence-electron chi connectivity index (χ1n) is 7.39. The van der Waals surface area contributed by atoms with E-state index in [0.29, 0.717) is 30.9 Å². The molecule has 0 unspecified atom stereocenters. The number of sulfone groups is 1. The van der Waals surface area contributed by atoms with Crippen LogP contribution in [0.1, 0.15) is 17.3 Å². The van der Waals surface area contributed by atoms with Gasteiger partial charge < -0.3 is 10.1 Å². The van der Waals surface area contributed by atoms with Crippen molar-refractivity contribution >= 4 is 27.4 Å². The molecule has 23 heavy (non-hydrogen) atoms. The molecule has 126 valence electrons. The van der Waals surface area contributed by atoms with Gasteiger partial charge in [-0.3, -0.25) is 9.69 Å². The number of carbonyl (C=O) groups excluding carboxylic acids is 2. The smallest absolute Gasteiger partial charge is 0.338 e. The topological polar surface area (TPSA) is 92.8 Å². The molecule has 0 aromatic heterocycles. The molecule has 1 amide bonds. The fourth-order valence-electron chi connectivity index (χ4n) is 2.22. The molecule has 0 aliphatic carbocycles. The highest BCUT2D eigenvalue weighted by Gasteiger charge is 2.22. The standard InChI is InChI=1S/C15H20N2O5S/c1-2-22-15(19)12-3-5-13(6-4-12)16-14(18)11-17-7-9-23(20,21)10-8-17/h3-6H,2,7-11H2,1H3,(H,16,18). The molecule has 0 atom stereocenters. The normalized spacial score (nSPS) is 17.4. The molecular formula is C15H20N2O5S. The Morgan fingerprint density at radius 2 is 1.78 bits per heavy atom. The molecule has 1 aliphatic rings. The number of esters is 1. The van der Waals surface area contributed by atoms with E-state index in [-0.39, 0.29) is 24.0 Å². The van der Waals surface area contributed by atoms with Crippen molar-refractivity contribution in [1.29, 1.82) is 0 Å². The zero-order chi connectivity index (χ0) is 16.9. The average Bonchev–Trinajstić information content (AvgIpc) is 2.50. The summed E-state index contributed by atoms with van der Waals surface area (Å²) in [7, 11) is -2.95. The third kappa shape index (κ3) is 5.33. The number of hydrogen-bond acceptors (Lipinski definition) is 6. The lowest BCUT2D eigenvalue weighted by Crippen LogP contribution is -2.43. The second kappa shape index (κ2) is 7.56. The summed E-state index contributed by atoms with van der Waals surface area (Å²) >= 11 is 0. The largest absolute Gasteiger partial charge is 0.462 e. The fraction of sp³-hybridized carbons (Fsp3) is 0.467. The van der Waals surface area contributed by atoms with Gasteiger partial charge in [-0.15, -0.1) is 0 Å². The van der Waals surface area contributed by atoms with E-state index in [1.54, 1.807) is 31.2 Å². The third-order valence-electron chi connectivity index (χ3n) is 3.48. The summed E-state index contributed by atoms with van der Waals surface area (Å²) in [6.45, 7) is 2.94. The van der Waals surface area contributed by atoms with Gasteiger partial charge in [-0.05, 0) is 31.2 Å². The van der Waals surface area contributed by atoms with Gasteiger partial charge in [0.05, 0.1) is 30.2 Å². The Morgan fingerprint density at radius 1 is 1.17 bits per heavy atom. The lowest BCUT2D eigenvalue weighted by molar-refractivity contribution is -0.117. The van der Waals surface area contributed by atoms with Crippen LogP contribution in [-0.2, 0) is 19.4 Å². The van der Waals surface area contributed by atoms with Crippen molar-refractivity contribution in [2.24, 2.45) is 0 Å². The van der Waals surface area contributed by atoms with Crippen molar-refractivity contribution in [2.75, 3.05) is 43.1 Å². The minimum Gasteiger partial charge on any atom is -0.462 e. The maximum Gasteiger partial charge on any atom is 0.338 e. The van der Waals surface area contributed by atoms with Crippen molar-refractivity contribution < 1.29 is 22.7 Å². The molecular weight excluding hydrogens is 320 g/mol. The molecule has 1 saturated heterocycles. The van der Waals surface area contributed by atoms with Crippen LogP contribution in [0.15, 0.2) is 24.3 Å². The van der Waals surface area contributed by atoms with Crippen LogP contribution in [0.3, 0.4) is 0 Å². The zero-order valence-corrected chi connectivity index (χ0v) is 13.8. The molecule has 0 radical (unpaired) electrons. The van der Waals surface area contributed by atoms with Gasteiger partial charge in [0.15, 0.2) is 9.84 Å². The summed E-state index contributed by atoms with van der Waals surface area (Å²) in [5, 5.41) is 2.73. The summed E-state index contributed by atoms with van der Waals surface area (Å²) in [6, 6.07) is 6.43. The number of hydrogen-bond donors (Lipinski definition) is 1. The first kappa shape index (κ1) is 17.4. The lowest BCUT2D eigenvalue weighted by atomic mass is 10.2. The summed E-state index contributed by atoms with van der Waals surface area (Å²) in [5.74, 6) is -0.434. The molecule has 2 rings (SSSR count). The molecule has 1 N–H and O–H groups in total. The van der Waals surface area contributed by atoms with E-state index in [9.17, 15) is 18.0 Å². The minimum absolute atomic E-state index is 0.0918. The number of rotatable bonds is 5. The highest BCUT2D eigenvalue weighted by molar-refractivity contribution is 7.91. The summed E-state index contributed by atoms with van der Waals surface area (Å²) in [5.41, 5.74) is 0.999. The molecule has 0 saturated carbocycles. The number of nitrogens with one attached hydrogen (secondary N) is 1. The Balaban J connectivity index is 1.84. The third-order valence-corrected chi connectivity index (χ3v) is 5.09. The van der Waals surface area contributed by atoms with Crippen molar-refractivity contribution in [2.45, 2.75) is 6.92 Å². The average molecular weight is 340 g/mol. The number of benzene rings is 1. The van der Waals surface area contributed by atoms with Crippen molar-refractivity contribution in [3.8, 4) is 0 Å². The summed E-state index contributed by atoms with van der Waals surface area (Å²) in [6.07, 6.45) is 0. The van der Waals surface area contributed by atoms with E-state index in [2.05, 4.69) is 5.32 Å². The van der Waals surface area contributed by atoms with E-state index in [0.717, 1.165) is 0 Å². The Bertz CT molecular complexity index is 656. The van der Waals surface area contributed by atoms with Crippen molar-refractivity contribution in [3.05, 3.63) is 29.8 Å². The van der Waals surface area contributed by atoms with Crippen LogP contribution in [0, 0.1) is 0 Å². The van der Waals surface area contributed by atoms with Crippen LogP contribution in [-0.4, -0.2) is 62.9 Å². The minimum atomic E-state index is -2.95. The second-order valence-electron chi connectivity index (χ2n) is 5.27. The predicted octanol–water partition coefficient (Wildman–Crippen LogP) is 0.532. The van der Waals surface area contributed by atoms with Crippen LogP contribution in [0.2, 0.25) is 0 Å². The van der Waals surface area contributed by atoms with Crippen molar-refractivity contribution in [1.82, 2.24) is 4.90 Å². The first-order valence-corrected chi connectivity index (χ1v) is 9.21. The molecule has 1 aromatic carbocycles. The SMILES string of the molecule is CCOC(=O)c1ccc(NC(=O)CN2CCS(=O)(=O)CC2)cc1. The lowest BCUT2D eigenvalue weighted by Gasteiger charge is -2.25.